The van der Waals surface area contributed by atoms with Crippen LogP contribution in [-0.4, -0.2) is 47.8 Å². The highest BCUT2D eigenvalue weighted by atomic mass is 16.5. The summed E-state index contributed by atoms with van der Waals surface area (Å²) in [6.45, 7) is 4.94. The van der Waals surface area contributed by atoms with E-state index in [0.29, 0.717) is 19.6 Å². The van der Waals surface area contributed by atoms with Crippen LogP contribution in [-0.2, 0) is 16.1 Å². The molecule has 2 rings (SSSR count). The second-order valence-electron chi connectivity index (χ2n) is 6.26. The Labute approximate surface area is 132 Å². The molecule has 1 aliphatic rings. The van der Waals surface area contributed by atoms with Crippen molar-refractivity contribution in [2.75, 3.05) is 26.8 Å². The molecule has 0 amide bonds. The van der Waals surface area contributed by atoms with E-state index in [0.717, 1.165) is 43.6 Å². The van der Waals surface area contributed by atoms with Gasteiger partial charge in [-0.25, -0.2) is 0 Å². The predicted octanol–water partition coefficient (Wildman–Crippen LogP) is 2.48. The summed E-state index contributed by atoms with van der Waals surface area (Å²) in [6, 6.07) is 3.98. The first-order valence-electron chi connectivity index (χ1n) is 7.92. The molecule has 0 radical (unpaired) electrons. The summed E-state index contributed by atoms with van der Waals surface area (Å²) in [5, 5.41) is 9.74. The van der Waals surface area contributed by atoms with Gasteiger partial charge >= 0.3 is 5.97 Å². The summed E-state index contributed by atoms with van der Waals surface area (Å²) >= 11 is 0. The number of aromatic nitrogens is 1. The average molecular weight is 306 g/mol. The second kappa shape index (κ2) is 7.70. The lowest BCUT2D eigenvalue weighted by atomic mass is 9.76. The molecule has 1 aromatic rings. The van der Waals surface area contributed by atoms with E-state index in [4.69, 9.17) is 4.74 Å². The number of rotatable bonds is 7. The van der Waals surface area contributed by atoms with E-state index >= 15 is 0 Å². The summed E-state index contributed by atoms with van der Waals surface area (Å²) in [5.41, 5.74) is 1.56. The maximum Gasteiger partial charge on any atom is 0.310 e. The van der Waals surface area contributed by atoms with Crippen LogP contribution < -0.4 is 0 Å². The van der Waals surface area contributed by atoms with Gasteiger partial charge in [-0.05, 0) is 50.8 Å². The molecule has 5 nitrogen and oxygen atoms in total. The first kappa shape index (κ1) is 16.9. The van der Waals surface area contributed by atoms with Crippen LogP contribution in [0.3, 0.4) is 0 Å². The summed E-state index contributed by atoms with van der Waals surface area (Å²) < 4.78 is 5.08. The number of carboxylic acid groups (broad SMARTS) is 1. The Morgan fingerprint density at radius 3 is 3.05 bits per heavy atom. The molecule has 2 heterocycles. The quantitative estimate of drug-likeness (QED) is 0.784. The summed E-state index contributed by atoms with van der Waals surface area (Å²) in [5.74, 6) is -0.675. The van der Waals surface area contributed by atoms with Gasteiger partial charge in [0.2, 0.25) is 0 Å². The molecular weight excluding hydrogens is 280 g/mol. The molecule has 0 aromatic carbocycles. The Balaban J connectivity index is 2.05. The first-order chi connectivity index (χ1) is 10.6. The third-order valence-electron chi connectivity index (χ3n) is 4.60. The lowest BCUT2D eigenvalue weighted by molar-refractivity contribution is -0.153. The summed E-state index contributed by atoms with van der Waals surface area (Å²) in [4.78, 5) is 18.5. The first-order valence-corrected chi connectivity index (χ1v) is 7.92. The monoisotopic (exact) mass is 306 g/mol. The Morgan fingerprint density at radius 2 is 2.36 bits per heavy atom. The Hall–Kier alpha value is -1.46. The number of likely N-dealkylation sites (tertiary alicyclic amines) is 1. The van der Waals surface area contributed by atoms with Gasteiger partial charge in [-0.3, -0.25) is 14.7 Å². The smallest absolute Gasteiger partial charge is 0.310 e. The lowest BCUT2D eigenvalue weighted by Gasteiger charge is -2.40. The van der Waals surface area contributed by atoms with Crippen molar-refractivity contribution in [2.24, 2.45) is 5.41 Å². The van der Waals surface area contributed by atoms with Crippen LogP contribution in [0.25, 0.3) is 0 Å². The van der Waals surface area contributed by atoms with Crippen molar-refractivity contribution in [3.63, 3.8) is 0 Å². The van der Waals surface area contributed by atoms with Crippen LogP contribution in [0, 0.1) is 12.3 Å². The van der Waals surface area contributed by atoms with Gasteiger partial charge in [0.05, 0.1) is 11.1 Å². The van der Waals surface area contributed by atoms with E-state index in [1.807, 2.05) is 6.07 Å². The number of pyridine rings is 1. The van der Waals surface area contributed by atoms with Crippen molar-refractivity contribution in [3.05, 3.63) is 29.6 Å². The molecule has 0 saturated carbocycles. The molecule has 1 aromatic heterocycles. The molecular formula is C17H26N2O3. The number of ether oxygens (including phenoxy) is 1. The largest absolute Gasteiger partial charge is 0.481 e. The van der Waals surface area contributed by atoms with Crippen LogP contribution in [0.5, 0.6) is 0 Å². The zero-order valence-electron chi connectivity index (χ0n) is 13.5. The fraction of sp³-hybridized carbons (Fsp3) is 0.647. The Bertz CT molecular complexity index is 506. The standard InChI is InChI=1S/C17H26N2O3/c1-14-6-3-9-18-15(14)12-19-10-4-7-17(13-19,16(20)21)8-5-11-22-2/h3,6,9H,4-5,7-8,10-13H2,1-2H3,(H,20,21)/t17-/m0/s1. The molecule has 1 fully saturated rings. The molecule has 0 aliphatic carbocycles. The van der Waals surface area contributed by atoms with E-state index < -0.39 is 11.4 Å². The molecule has 22 heavy (non-hydrogen) atoms. The molecule has 1 aliphatic heterocycles. The Morgan fingerprint density at radius 1 is 1.55 bits per heavy atom. The van der Waals surface area contributed by atoms with E-state index in [1.165, 1.54) is 0 Å². The number of carbonyl (C=O) groups is 1. The van der Waals surface area contributed by atoms with Crippen molar-refractivity contribution in [1.82, 2.24) is 9.88 Å². The maximum absolute atomic E-state index is 11.9. The van der Waals surface area contributed by atoms with Gasteiger partial charge in [0.1, 0.15) is 0 Å². The number of methoxy groups -OCH3 is 1. The van der Waals surface area contributed by atoms with E-state index in [9.17, 15) is 9.90 Å². The van der Waals surface area contributed by atoms with Crippen molar-refractivity contribution in [2.45, 2.75) is 39.2 Å². The zero-order chi connectivity index (χ0) is 16.0. The van der Waals surface area contributed by atoms with Crippen molar-refractivity contribution in [1.29, 1.82) is 0 Å². The SMILES string of the molecule is COCCC[C@@]1(C(=O)O)CCCN(Cc2ncccc2C)C1. The molecule has 0 spiro atoms. The van der Waals surface area contributed by atoms with E-state index in [2.05, 4.69) is 22.9 Å². The van der Waals surface area contributed by atoms with Gasteiger partial charge in [-0.2, -0.15) is 0 Å². The second-order valence-corrected chi connectivity index (χ2v) is 6.26. The minimum Gasteiger partial charge on any atom is -0.481 e. The van der Waals surface area contributed by atoms with Crippen molar-refractivity contribution < 1.29 is 14.6 Å². The molecule has 1 atom stereocenters. The highest BCUT2D eigenvalue weighted by molar-refractivity contribution is 5.75. The van der Waals surface area contributed by atoms with Crippen LogP contribution >= 0.6 is 0 Å². The van der Waals surface area contributed by atoms with Gasteiger partial charge in [0, 0.05) is 33.0 Å². The highest BCUT2D eigenvalue weighted by Gasteiger charge is 2.41. The predicted molar refractivity (Wildman–Crippen MR) is 84.7 cm³/mol. The van der Waals surface area contributed by atoms with E-state index in [1.54, 1.807) is 13.3 Å². The zero-order valence-corrected chi connectivity index (χ0v) is 13.5. The van der Waals surface area contributed by atoms with Gasteiger partial charge in [-0.1, -0.05) is 6.07 Å². The molecule has 0 unspecified atom stereocenters. The van der Waals surface area contributed by atoms with Gasteiger partial charge in [-0.15, -0.1) is 0 Å². The fourth-order valence-electron chi connectivity index (χ4n) is 3.30. The van der Waals surface area contributed by atoms with Gasteiger partial charge < -0.3 is 9.84 Å². The molecule has 0 bridgehead atoms. The minimum atomic E-state index is -0.675. The van der Waals surface area contributed by atoms with Crippen LogP contribution in [0.4, 0.5) is 0 Å². The van der Waals surface area contributed by atoms with Crippen molar-refractivity contribution in [3.8, 4) is 0 Å². The number of nitrogens with zero attached hydrogens (tertiary/aromatic N) is 2. The molecule has 1 N–H and O–H groups in total. The third-order valence-corrected chi connectivity index (χ3v) is 4.60. The van der Waals surface area contributed by atoms with Gasteiger partial charge in [0.15, 0.2) is 0 Å². The number of hydrogen-bond donors (Lipinski definition) is 1. The van der Waals surface area contributed by atoms with Crippen LogP contribution in [0.1, 0.15) is 36.9 Å². The fourth-order valence-corrected chi connectivity index (χ4v) is 3.30. The maximum atomic E-state index is 11.9. The number of piperidine rings is 1. The van der Waals surface area contributed by atoms with E-state index in [-0.39, 0.29) is 0 Å². The normalized spacial score (nSPS) is 22.6. The Kier molecular flexibility index (Phi) is 5.91. The molecule has 122 valence electrons. The third kappa shape index (κ3) is 4.05. The van der Waals surface area contributed by atoms with Crippen LogP contribution in [0.2, 0.25) is 0 Å². The molecule has 5 heteroatoms. The summed E-state index contributed by atoms with van der Waals surface area (Å²) in [6.07, 6.45) is 4.94. The number of carboxylic acids is 1. The average Bonchev–Trinajstić information content (AvgIpc) is 2.50. The van der Waals surface area contributed by atoms with Gasteiger partial charge in [0.25, 0.3) is 0 Å². The lowest BCUT2D eigenvalue weighted by Crippen LogP contribution is -2.47. The highest BCUT2D eigenvalue weighted by Crippen LogP contribution is 2.35. The van der Waals surface area contributed by atoms with Crippen LogP contribution in [0.15, 0.2) is 18.3 Å². The summed E-state index contributed by atoms with van der Waals surface area (Å²) in [7, 11) is 1.66. The number of aliphatic carboxylic acids is 1. The molecule has 1 saturated heterocycles. The van der Waals surface area contributed by atoms with Crippen molar-refractivity contribution >= 4 is 5.97 Å². The minimum absolute atomic E-state index is 0.599. The number of hydrogen-bond acceptors (Lipinski definition) is 4. The topological polar surface area (TPSA) is 62.7 Å². The number of aryl methyl sites for hydroxylation is 1.